The lowest BCUT2D eigenvalue weighted by molar-refractivity contribution is 0.0424. The van der Waals surface area contributed by atoms with Crippen LogP contribution in [0.3, 0.4) is 0 Å². The Balaban J connectivity index is 2.71. The fourth-order valence-corrected chi connectivity index (χ4v) is 1.95. The van der Waals surface area contributed by atoms with Crippen molar-refractivity contribution in [2.24, 2.45) is 5.73 Å². The van der Waals surface area contributed by atoms with Gasteiger partial charge in [-0.1, -0.05) is 6.07 Å². The first-order valence-electron chi connectivity index (χ1n) is 5.69. The van der Waals surface area contributed by atoms with Gasteiger partial charge in [-0.25, -0.2) is 4.39 Å². The highest BCUT2D eigenvalue weighted by Gasteiger charge is 2.15. The predicted octanol–water partition coefficient (Wildman–Crippen LogP) is 1.49. The van der Waals surface area contributed by atoms with Crippen molar-refractivity contribution in [3.8, 4) is 0 Å². The molecule has 0 spiro atoms. The zero-order valence-electron chi connectivity index (χ0n) is 10.7. The number of hydrogen-bond donors (Lipinski definition) is 2. The Kier molecular flexibility index (Phi) is 4.62. The van der Waals surface area contributed by atoms with Gasteiger partial charge < -0.3 is 10.8 Å². The SMILES string of the molecule is CN(Cc1cc(F)cc(CN)c1)CC(C)(C)O. The van der Waals surface area contributed by atoms with E-state index in [2.05, 4.69) is 0 Å². The van der Waals surface area contributed by atoms with Gasteiger partial charge in [0, 0.05) is 19.6 Å². The maximum atomic E-state index is 13.3. The molecule has 96 valence electrons. The summed E-state index contributed by atoms with van der Waals surface area (Å²) in [5, 5.41) is 9.69. The molecular formula is C13H21FN2O. The average Bonchev–Trinajstić information content (AvgIpc) is 2.13. The van der Waals surface area contributed by atoms with Gasteiger partial charge in [-0.3, -0.25) is 4.90 Å². The Labute approximate surface area is 102 Å². The molecule has 0 aliphatic carbocycles. The summed E-state index contributed by atoms with van der Waals surface area (Å²) in [7, 11) is 1.89. The molecule has 1 rings (SSSR count). The standard InChI is InChI=1S/C13H21FN2O/c1-13(2,17)9-16(3)8-11-4-10(7-15)5-12(14)6-11/h4-6,17H,7-9,15H2,1-3H3. The molecule has 0 radical (unpaired) electrons. The number of hydrogen-bond acceptors (Lipinski definition) is 3. The molecule has 4 heteroatoms. The van der Waals surface area contributed by atoms with Gasteiger partial charge in [0.15, 0.2) is 0 Å². The Morgan fingerprint density at radius 1 is 1.29 bits per heavy atom. The summed E-state index contributed by atoms with van der Waals surface area (Å²) < 4.78 is 13.3. The van der Waals surface area contributed by atoms with Crippen LogP contribution in [0.5, 0.6) is 0 Å². The summed E-state index contributed by atoms with van der Waals surface area (Å²) in [6.45, 7) is 4.96. The highest BCUT2D eigenvalue weighted by molar-refractivity contribution is 5.24. The summed E-state index contributed by atoms with van der Waals surface area (Å²) in [6.07, 6.45) is 0. The van der Waals surface area contributed by atoms with Crippen LogP contribution < -0.4 is 5.73 Å². The number of likely N-dealkylation sites (N-methyl/N-ethyl adjacent to an activating group) is 1. The first-order chi connectivity index (χ1) is 7.80. The molecule has 0 unspecified atom stereocenters. The molecule has 1 aromatic carbocycles. The highest BCUT2D eigenvalue weighted by atomic mass is 19.1. The van der Waals surface area contributed by atoms with Crippen molar-refractivity contribution in [1.29, 1.82) is 0 Å². The summed E-state index contributed by atoms with van der Waals surface area (Å²) in [5.41, 5.74) is 6.41. The van der Waals surface area contributed by atoms with E-state index < -0.39 is 5.60 Å². The first-order valence-corrected chi connectivity index (χ1v) is 5.69. The van der Waals surface area contributed by atoms with Crippen molar-refractivity contribution >= 4 is 0 Å². The lowest BCUT2D eigenvalue weighted by Crippen LogP contribution is -2.35. The normalized spacial score (nSPS) is 12.2. The molecule has 1 aromatic rings. The van der Waals surface area contributed by atoms with Gasteiger partial charge in [0.25, 0.3) is 0 Å². The fraction of sp³-hybridized carbons (Fsp3) is 0.538. The van der Waals surface area contributed by atoms with E-state index in [1.54, 1.807) is 13.8 Å². The summed E-state index contributed by atoms with van der Waals surface area (Å²) in [6, 6.07) is 4.84. The van der Waals surface area contributed by atoms with E-state index in [-0.39, 0.29) is 5.82 Å². The second-order valence-electron chi connectivity index (χ2n) is 5.16. The van der Waals surface area contributed by atoms with Crippen molar-refractivity contribution in [1.82, 2.24) is 4.90 Å². The van der Waals surface area contributed by atoms with Crippen LogP contribution in [0.4, 0.5) is 4.39 Å². The van der Waals surface area contributed by atoms with Crippen LogP contribution in [-0.4, -0.2) is 29.2 Å². The summed E-state index contributed by atoms with van der Waals surface area (Å²) >= 11 is 0. The van der Waals surface area contributed by atoms with Gasteiger partial charge in [0.1, 0.15) is 5.82 Å². The van der Waals surface area contributed by atoms with Gasteiger partial charge in [0.05, 0.1) is 5.60 Å². The number of rotatable bonds is 5. The van der Waals surface area contributed by atoms with E-state index >= 15 is 0 Å². The molecule has 3 nitrogen and oxygen atoms in total. The van der Waals surface area contributed by atoms with E-state index in [1.807, 2.05) is 18.0 Å². The van der Waals surface area contributed by atoms with Gasteiger partial charge in [0.2, 0.25) is 0 Å². The quantitative estimate of drug-likeness (QED) is 0.819. The second kappa shape index (κ2) is 5.58. The van der Waals surface area contributed by atoms with Crippen molar-refractivity contribution < 1.29 is 9.50 Å². The van der Waals surface area contributed by atoms with Crippen LogP contribution in [-0.2, 0) is 13.1 Å². The van der Waals surface area contributed by atoms with Gasteiger partial charge >= 0.3 is 0 Å². The third kappa shape index (κ3) is 5.26. The van der Waals surface area contributed by atoms with E-state index in [0.29, 0.717) is 19.6 Å². The van der Waals surface area contributed by atoms with Crippen molar-refractivity contribution in [3.05, 3.63) is 35.1 Å². The Morgan fingerprint density at radius 2 is 1.88 bits per heavy atom. The molecule has 0 aliphatic rings. The molecule has 3 N–H and O–H groups in total. The number of aliphatic hydroxyl groups is 1. The van der Waals surface area contributed by atoms with E-state index in [4.69, 9.17) is 5.73 Å². The smallest absolute Gasteiger partial charge is 0.123 e. The van der Waals surface area contributed by atoms with Crippen molar-refractivity contribution in [3.63, 3.8) is 0 Å². The minimum absolute atomic E-state index is 0.264. The van der Waals surface area contributed by atoms with Crippen LogP contribution in [0.25, 0.3) is 0 Å². The van der Waals surface area contributed by atoms with Crippen molar-refractivity contribution in [2.45, 2.75) is 32.5 Å². The third-order valence-corrected chi connectivity index (χ3v) is 2.36. The number of nitrogens with zero attached hydrogens (tertiary/aromatic N) is 1. The fourth-order valence-electron chi connectivity index (χ4n) is 1.95. The van der Waals surface area contributed by atoms with E-state index in [0.717, 1.165) is 11.1 Å². The van der Waals surface area contributed by atoms with Gasteiger partial charge in [-0.15, -0.1) is 0 Å². The van der Waals surface area contributed by atoms with E-state index in [1.165, 1.54) is 12.1 Å². The second-order valence-corrected chi connectivity index (χ2v) is 5.16. The zero-order valence-corrected chi connectivity index (χ0v) is 10.7. The number of benzene rings is 1. The zero-order chi connectivity index (χ0) is 13.1. The van der Waals surface area contributed by atoms with Crippen molar-refractivity contribution in [2.75, 3.05) is 13.6 Å². The molecule has 0 bridgehead atoms. The molecule has 0 heterocycles. The van der Waals surface area contributed by atoms with Crippen LogP contribution in [0, 0.1) is 5.82 Å². The van der Waals surface area contributed by atoms with Crippen LogP contribution in [0.2, 0.25) is 0 Å². The largest absolute Gasteiger partial charge is 0.389 e. The lowest BCUT2D eigenvalue weighted by Gasteiger charge is -2.25. The maximum absolute atomic E-state index is 13.3. The van der Waals surface area contributed by atoms with Crippen LogP contribution in [0.15, 0.2) is 18.2 Å². The highest BCUT2D eigenvalue weighted by Crippen LogP contribution is 2.12. The van der Waals surface area contributed by atoms with Crippen LogP contribution >= 0.6 is 0 Å². The number of halogens is 1. The Morgan fingerprint density at radius 3 is 2.41 bits per heavy atom. The van der Waals surface area contributed by atoms with Gasteiger partial charge in [-0.2, -0.15) is 0 Å². The predicted molar refractivity (Wildman–Crippen MR) is 66.9 cm³/mol. The Bertz CT molecular complexity index is 374. The molecule has 0 saturated carbocycles. The maximum Gasteiger partial charge on any atom is 0.123 e. The molecule has 0 fully saturated rings. The number of nitrogens with two attached hydrogens (primary N) is 1. The molecule has 17 heavy (non-hydrogen) atoms. The minimum Gasteiger partial charge on any atom is -0.389 e. The van der Waals surface area contributed by atoms with Gasteiger partial charge in [-0.05, 0) is 44.2 Å². The molecular weight excluding hydrogens is 219 g/mol. The third-order valence-electron chi connectivity index (χ3n) is 2.36. The first kappa shape index (κ1) is 14.1. The van der Waals surface area contributed by atoms with E-state index in [9.17, 15) is 9.50 Å². The van der Waals surface area contributed by atoms with Crippen LogP contribution in [0.1, 0.15) is 25.0 Å². The summed E-state index contributed by atoms with van der Waals surface area (Å²) in [4.78, 5) is 1.95. The molecule has 0 amide bonds. The Hall–Kier alpha value is -0.970. The topological polar surface area (TPSA) is 49.5 Å². The lowest BCUT2D eigenvalue weighted by atomic mass is 10.1. The molecule has 0 atom stereocenters. The monoisotopic (exact) mass is 240 g/mol. The molecule has 0 saturated heterocycles. The molecule has 0 aromatic heterocycles. The summed E-state index contributed by atoms with van der Waals surface area (Å²) in [5.74, 6) is -0.264. The minimum atomic E-state index is -0.751. The average molecular weight is 240 g/mol. The molecule has 0 aliphatic heterocycles.